The van der Waals surface area contributed by atoms with Crippen LogP contribution in [0.1, 0.15) is 31.7 Å². The Hall–Kier alpha value is -1.59. The fourth-order valence-electron chi connectivity index (χ4n) is 3.06. The standard InChI is InChI=1S/C18H29N3O2/c1-3-20-9-11-21(12-10-20)18(23)19-14-17(13-15(2)22)16-7-5-4-6-8-16/h4-8,15,17,22H,3,9-14H2,1-2H3,(H,19,23)/t15-,17-/m0/s1. The molecule has 0 bridgehead atoms. The smallest absolute Gasteiger partial charge is 0.317 e. The van der Waals surface area contributed by atoms with E-state index < -0.39 is 0 Å². The average molecular weight is 319 g/mol. The summed E-state index contributed by atoms with van der Waals surface area (Å²) in [4.78, 5) is 16.6. The Morgan fingerprint density at radius 3 is 2.43 bits per heavy atom. The van der Waals surface area contributed by atoms with Gasteiger partial charge in [0.25, 0.3) is 0 Å². The molecular weight excluding hydrogens is 290 g/mol. The zero-order valence-corrected chi connectivity index (χ0v) is 14.2. The summed E-state index contributed by atoms with van der Waals surface area (Å²) in [5.74, 6) is 0.136. The molecule has 1 aromatic rings. The van der Waals surface area contributed by atoms with Crippen molar-refractivity contribution in [2.75, 3.05) is 39.3 Å². The van der Waals surface area contributed by atoms with Gasteiger partial charge in [-0.25, -0.2) is 4.79 Å². The molecule has 5 nitrogen and oxygen atoms in total. The summed E-state index contributed by atoms with van der Waals surface area (Å²) in [7, 11) is 0. The van der Waals surface area contributed by atoms with Gasteiger partial charge in [-0.3, -0.25) is 0 Å². The van der Waals surface area contributed by atoms with Gasteiger partial charge >= 0.3 is 6.03 Å². The van der Waals surface area contributed by atoms with Gasteiger partial charge in [-0.15, -0.1) is 0 Å². The molecule has 2 rings (SSSR count). The van der Waals surface area contributed by atoms with Crippen LogP contribution in [0.4, 0.5) is 4.79 Å². The molecule has 1 saturated heterocycles. The molecule has 0 aliphatic carbocycles. The molecule has 1 fully saturated rings. The summed E-state index contributed by atoms with van der Waals surface area (Å²) < 4.78 is 0. The van der Waals surface area contributed by atoms with Crippen LogP contribution in [0.15, 0.2) is 30.3 Å². The number of rotatable bonds is 6. The Balaban J connectivity index is 1.87. The zero-order chi connectivity index (χ0) is 16.7. The van der Waals surface area contributed by atoms with E-state index in [1.807, 2.05) is 23.1 Å². The molecule has 2 atom stereocenters. The lowest BCUT2D eigenvalue weighted by atomic mass is 9.93. The van der Waals surface area contributed by atoms with Crippen LogP contribution < -0.4 is 5.32 Å². The number of nitrogens with zero attached hydrogens (tertiary/aromatic N) is 2. The molecule has 2 N–H and O–H groups in total. The number of amides is 2. The normalized spacial score (nSPS) is 18.5. The second-order valence-electron chi connectivity index (χ2n) is 6.30. The third-order valence-corrected chi connectivity index (χ3v) is 4.50. The van der Waals surface area contributed by atoms with Crippen molar-refractivity contribution >= 4 is 6.03 Å². The van der Waals surface area contributed by atoms with Crippen molar-refractivity contribution in [3.8, 4) is 0 Å². The lowest BCUT2D eigenvalue weighted by Gasteiger charge is -2.34. The first-order chi connectivity index (χ1) is 11.1. The first-order valence-corrected chi connectivity index (χ1v) is 8.58. The second kappa shape index (κ2) is 8.89. The molecule has 5 heteroatoms. The van der Waals surface area contributed by atoms with Gasteiger partial charge in [0, 0.05) is 38.6 Å². The zero-order valence-electron chi connectivity index (χ0n) is 14.2. The minimum Gasteiger partial charge on any atom is -0.393 e. The molecule has 0 spiro atoms. The summed E-state index contributed by atoms with van der Waals surface area (Å²) in [6.07, 6.45) is 0.263. The number of hydrogen-bond acceptors (Lipinski definition) is 3. The molecule has 0 radical (unpaired) electrons. The molecule has 0 unspecified atom stereocenters. The van der Waals surface area contributed by atoms with E-state index in [2.05, 4.69) is 29.3 Å². The highest BCUT2D eigenvalue weighted by molar-refractivity contribution is 5.74. The van der Waals surface area contributed by atoms with Crippen LogP contribution in [0.25, 0.3) is 0 Å². The number of urea groups is 1. The van der Waals surface area contributed by atoms with E-state index in [1.165, 1.54) is 0 Å². The third-order valence-electron chi connectivity index (χ3n) is 4.50. The summed E-state index contributed by atoms with van der Waals surface area (Å²) in [5.41, 5.74) is 1.16. The fourth-order valence-corrected chi connectivity index (χ4v) is 3.06. The number of aliphatic hydroxyl groups is 1. The molecule has 2 amide bonds. The highest BCUT2D eigenvalue weighted by Crippen LogP contribution is 2.20. The first kappa shape index (κ1) is 17.8. The fraction of sp³-hybridized carbons (Fsp3) is 0.611. The number of aliphatic hydroxyl groups excluding tert-OH is 1. The number of hydrogen-bond donors (Lipinski definition) is 2. The topological polar surface area (TPSA) is 55.8 Å². The lowest BCUT2D eigenvalue weighted by molar-refractivity contribution is 0.141. The molecular formula is C18H29N3O2. The van der Waals surface area contributed by atoms with Gasteiger partial charge in [0.05, 0.1) is 6.10 Å². The van der Waals surface area contributed by atoms with E-state index in [9.17, 15) is 9.90 Å². The molecule has 0 aromatic heterocycles. The Kier molecular flexibility index (Phi) is 6.86. The van der Waals surface area contributed by atoms with Crippen LogP contribution in [-0.4, -0.2) is 66.3 Å². The van der Waals surface area contributed by atoms with Crippen molar-refractivity contribution in [1.29, 1.82) is 0 Å². The van der Waals surface area contributed by atoms with E-state index in [1.54, 1.807) is 6.92 Å². The Bertz CT molecular complexity index is 470. The van der Waals surface area contributed by atoms with Crippen molar-refractivity contribution in [2.45, 2.75) is 32.3 Å². The Morgan fingerprint density at radius 1 is 1.22 bits per heavy atom. The molecule has 1 aromatic carbocycles. The number of carbonyl (C=O) groups excluding carboxylic acids is 1. The van der Waals surface area contributed by atoms with Gasteiger partial charge in [-0.2, -0.15) is 0 Å². The van der Waals surface area contributed by atoms with Crippen molar-refractivity contribution in [3.05, 3.63) is 35.9 Å². The summed E-state index contributed by atoms with van der Waals surface area (Å²) >= 11 is 0. The van der Waals surface area contributed by atoms with Crippen molar-refractivity contribution in [1.82, 2.24) is 15.1 Å². The van der Waals surface area contributed by atoms with E-state index in [4.69, 9.17) is 0 Å². The SMILES string of the molecule is CCN1CCN(C(=O)NC[C@H](C[C@H](C)O)c2ccccc2)CC1. The number of carbonyl (C=O) groups is 1. The molecule has 1 heterocycles. The van der Waals surface area contributed by atoms with Gasteiger partial charge in [-0.05, 0) is 25.5 Å². The van der Waals surface area contributed by atoms with E-state index in [-0.39, 0.29) is 18.1 Å². The first-order valence-electron chi connectivity index (χ1n) is 8.58. The highest BCUT2D eigenvalue weighted by Gasteiger charge is 2.21. The van der Waals surface area contributed by atoms with Crippen LogP contribution in [0.3, 0.4) is 0 Å². The maximum absolute atomic E-state index is 12.3. The Labute approximate surface area is 139 Å². The van der Waals surface area contributed by atoms with Crippen LogP contribution in [0.2, 0.25) is 0 Å². The molecule has 0 saturated carbocycles. The van der Waals surface area contributed by atoms with Crippen LogP contribution in [0.5, 0.6) is 0 Å². The minimum atomic E-state index is -0.384. The summed E-state index contributed by atoms with van der Waals surface area (Å²) in [6, 6.07) is 10.1. The van der Waals surface area contributed by atoms with Crippen molar-refractivity contribution in [3.63, 3.8) is 0 Å². The van der Waals surface area contributed by atoms with Crippen LogP contribution >= 0.6 is 0 Å². The predicted molar refractivity (Wildman–Crippen MR) is 92.6 cm³/mol. The highest BCUT2D eigenvalue weighted by atomic mass is 16.3. The Morgan fingerprint density at radius 2 is 1.87 bits per heavy atom. The maximum Gasteiger partial charge on any atom is 0.317 e. The number of piperazine rings is 1. The van der Waals surface area contributed by atoms with Gasteiger partial charge in [0.15, 0.2) is 0 Å². The van der Waals surface area contributed by atoms with E-state index >= 15 is 0 Å². The number of likely N-dealkylation sites (N-methyl/N-ethyl adjacent to an activating group) is 1. The monoisotopic (exact) mass is 319 g/mol. The van der Waals surface area contributed by atoms with Gasteiger partial charge in [-0.1, -0.05) is 37.3 Å². The largest absolute Gasteiger partial charge is 0.393 e. The third kappa shape index (κ3) is 5.52. The average Bonchev–Trinajstić information content (AvgIpc) is 2.59. The predicted octanol–water partition coefficient (Wildman–Crippen LogP) is 1.89. The molecule has 23 heavy (non-hydrogen) atoms. The van der Waals surface area contributed by atoms with Gasteiger partial charge < -0.3 is 20.2 Å². The maximum atomic E-state index is 12.3. The summed E-state index contributed by atoms with van der Waals surface area (Å²) in [5, 5.41) is 12.8. The van der Waals surface area contributed by atoms with Crippen molar-refractivity contribution < 1.29 is 9.90 Å². The minimum absolute atomic E-state index is 0.00674. The molecule has 1 aliphatic heterocycles. The van der Waals surface area contributed by atoms with Crippen molar-refractivity contribution in [2.24, 2.45) is 0 Å². The van der Waals surface area contributed by atoms with Gasteiger partial charge in [0.1, 0.15) is 0 Å². The quantitative estimate of drug-likeness (QED) is 0.842. The van der Waals surface area contributed by atoms with Crippen LogP contribution in [-0.2, 0) is 0 Å². The molecule has 128 valence electrons. The van der Waals surface area contributed by atoms with Gasteiger partial charge in [0.2, 0.25) is 0 Å². The molecule has 1 aliphatic rings. The lowest BCUT2D eigenvalue weighted by Crippen LogP contribution is -2.52. The van der Waals surface area contributed by atoms with E-state index in [0.717, 1.165) is 38.3 Å². The second-order valence-corrected chi connectivity index (χ2v) is 6.30. The summed E-state index contributed by atoms with van der Waals surface area (Å²) in [6.45, 7) is 9.00. The van der Waals surface area contributed by atoms with Crippen LogP contribution in [0, 0.1) is 0 Å². The number of benzene rings is 1. The van der Waals surface area contributed by atoms with E-state index in [0.29, 0.717) is 13.0 Å². The number of nitrogens with one attached hydrogen (secondary N) is 1.